The number of hydrogen-bond donors (Lipinski definition) is 1. The van der Waals surface area contributed by atoms with Crippen LogP contribution in [-0.4, -0.2) is 28.5 Å². The van der Waals surface area contributed by atoms with Gasteiger partial charge in [0.15, 0.2) is 0 Å². The molecule has 1 aromatic heterocycles. The number of nitrogens with one attached hydrogen (secondary N) is 1. The predicted molar refractivity (Wildman–Crippen MR) is 69.4 cm³/mol. The Balaban J connectivity index is 2.86. The lowest BCUT2D eigenvalue weighted by Gasteiger charge is -2.03. The molecule has 0 amide bonds. The molecular weight excluding hydrogens is 274 g/mol. The highest BCUT2D eigenvalue weighted by Gasteiger charge is 2.27. The van der Waals surface area contributed by atoms with E-state index in [1.54, 1.807) is 24.3 Å². The molecule has 0 saturated heterocycles. The van der Waals surface area contributed by atoms with Gasteiger partial charge in [-0.25, -0.2) is 17.9 Å². The van der Waals surface area contributed by atoms with Gasteiger partial charge in [0.1, 0.15) is 9.77 Å². The molecule has 0 aliphatic rings. The molecule has 1 heterocycles. The monoisotopic (exact) mass is 285 g/mol. The SMILES string of the molecule is CNS(=O)(=O)c1c(C(=O)OC)sc2ccccc12. The highest BCUT2D eigenvalue weighted by atomic mass is 32.2. The highest BCUT2D eigenvalue weighted by molar-refractivity contribution is 7.90. The quantitative estimate of drug-likeness (QED) is 0.869. The summed E-state index contributed by atoms with van der Waals surface area (Å²) in [6, 6.07) is 6.95. The fourth-order valence-corrected chi connectivity index (χ4v) is 4.15. The molecule has 1 N–H and O–H groups in total. The summed E-state index contributed by atoms with van der Waals surface area (Å²) in [5.74, 6) is -0.648. The molecule has 0 radical (unpaired) electrons. The fourth-order valence-electron chi connectivity index (χ4n) is 1.62. The van der Waals surface area contributed by atoms with Crippen molar-refractivity contribution >= 4 is 37.4 Å². The van der Waals surface area contributed by atoms with Crippen LogP contribution in [0.25, 0.3) is 10.1 Å². The molecule has 0 atom stereocenters. The van der Waals surface area contributed by atoms with Crippen LogP contribution >= 0.6 is 11.3 Å². The third-order valence-corrected chi connectivity index (χ3v) is 5.24. The van der Waals surface area contributed by atoms with Gasteiger partial charge in [-0.3, -0.25) is 0 Å². The number of methoxy groups -OCH3 is 1. The number of thiophene rings is 1. The Morgan fingerprint density at radius 3 is 2.61 bits per heavy atom. The summed E-state index contributed by atoms with van der Waals surface area (Å²) in [4.78, 5) is 11.7. The van der Waals surface area contributed by atoms with Crippen LogP contribution in [0.15, 0.2) is 29.2 Å². The van der Waals surface area contributed by atoms with Crippen molar-refractivity contribution in [2.45, 2.75) is 4.90 Å². The van der Waals surface area contributed by atoms with E-state index >= 15 is 0 Å². The van der Waals surface area contributed by atoms with Crippen molar-refractivity contribution in [3.8, 4) is 0 Å². The van der Waals surface area contributed by atoms with Crippen LogP contribution in [0.5, 0.6) is 0 Å². The van der Waals surface area contributed by atoms with Crippen LogP contribution < -0.4 is 4.72 Å². The van der Waals surface area contributed by atoms with E-state index in [-0.39, 0.29) is 9.77 Å². The summed E-state index contributed by atoms with van der Waals surface area (Å²) >= 11 is 1.11. The van der Waals surface area contributed by atoms with Crippen LogP contribution in [0, 0.1) is 0 Å². The summed E-state index contributed by atoms with van der Waals surface area (Å²) in [5.41, 5.74) is 0. The van der Waals surface area contributed by atoms with Gasteiger partial charge >= 0.3 is 5.97 Å². The molecule has 0 spiro atoms. The van der Waals surface area contributed by atoms with Crippen LogP contribution in [0.4, 0.5) is 0 Å². The van der Waals surface area contributed by atoms with Gasteiger partial charge in [-0.2, -0.15) is 0 Å². The van der Waals surface area contributed by atoms with E-state index in [1.807, 2.05) is 0 Å². The second kappa shape index (κ2) is 4.68. The maximum absolute atomic E-state index is 12.0. The lowest BCUT2D eigenvalue weighted by Crippen LogP contribution is -2.20. The number of esters is 1. The molecule has 0 saturated carbocycles. The Bertz CT molecular complexity index is 703. The van der Waals surface area contributed by atoms with Gasteiger partial charge in [-0.05, 0) is 13.1 Å². The average Bonchev–Trinajstić information content (AvgIpc) is 2.77. The standard InChI is InChI=1S/C11H11NO4S2/c1-12-18(14,15)10-7-5-3-4-6-8(7)17-9(10)11(13)16-2/h3-6,12H,1-2H3. The van der Waals surface area contributed by atoms with Crippen LogP contribution in [0.2, 0.25) is 0 Å². The molecule has 7 heteroatoms. The van der Waals surface area contributed by atoms with Gasteiger partial charge in [0.2, 0.25) is 10.0 Å². The number of hydrogen-bond acceptors (Lipinski definition) is 5. The normalized spacial score (nSPS) is 11.7. The fraction of sp³-hybridized carbons (Fsp3) is 0.182. The second-order valence-corrected chi connectivity index (χ2v) is 6.33. The minimum absolute atomic E-state index is 0.0162. The van der Waals surface area contributed by atoms with E-state index in [0.29, 0.717) is 5.39 Å². The molecule has 0 bridgehead atoms. The molecule has 18 heavy (non-hydrogen) atoms. The van der Waals surface area contributed by atoms with E-state index in [1.165, 1.54) is 14.2 Å². The number of benzene rings is 1. The highest BCUT2D eigenvalue weighted by Crippen LogP contribution is 2.34. The Morgan fingerprint density at radius 2 is 2.00 bits per heavy atom. The first-order chi connectivity index (χ1) is 8.51. The van der Waals surface area contributed by atoms with Crippen molar-refractivity contribution in [3.05, 3.63) is 29.1 Å². The van der Waals surface area contributed by atoms with Crippen molar-refractivity contribution in [3.63, 3.8) is 0 Å². The Hall–Kier alpha value is -1.44. The molecule has 2 aromatic rings. The average molecular weight is 285 g/mol. The molecule has 5 nitrogen and oxygen atoms in total. The number of ether oxygens (including phenoxy) is 1. The summed E-state index contributed by atoms with van der Waals surface area (Å²) in [5, 5.41) is 0.525. The summed E-state index contributed by atoms with van der Waals surface area (Å²) in [7, 11) is -1.17. The number of fused-ring (bicyclic) bond motifs is 1. The van der Waals surface area contributed by atoms with Crippen molar-refractivity contribution in [1.29, 1.82) is 0 Å². The third kappa shape index (κ3) is 2.00. The zero-order valence-corrected chi connectivity index (χ0v) is 11.4. The van der Waals surface area contributed by atoms with Gasteiger partial charge in [0.25, 0.3) is 0 Å². The Labute approximate surface area is 108 Å². The minimum atomic E-state index is -3.71. The van der Waals surface area contributed by atoms with E-state index in [4.69, 9.17) is 0 Å². The molecule has 96 valence electrons. The molecular formula is C11H11NO4S2. The molecule has 0 fully saturated rings. The number of carbonyl (C=O) groups is 1. The largest absolute Gasteiger partial charge is 0.465 e. The summed E-state index contributed by atoms with van der Waals surface area (Å²) in [6.07, 6.45) is 0. The van der Waals surface area contributed by atoms with Gasteiger partial charge in [0, 0.05) is 10.1 Å². The minimum Gasteiger partial charge on any atom is -0.465 e. The Morgan fingerprint density at radius 1 is 1.33 bits per heavy atom. The van der Waals surface area contributed by atoms with Gasteiger partial charge in [0.05, 0.1) is 7.11 Å². The first kappa shape index (κ1) is 13.0. The lowest BCUT2D eigenvalue weighted by molar-refractivity contribution is 0.0602. The lowest BCUT2D eigenvalue weighted by atomic mass is 10.2. The van der Waals surface area contributed by atoms with Crippen LogP contribution in [0.3, 0.4) is 0 Å². The van der Waals surface area contributed by atoms with Crippen molar-refractivity contribution in [2.75, 3.05) is 14.2 Å². The summed E-state index contributed by atoms with van der Waals surface area (Å²) in [6.45, 7) is 0. The van der Waals surface area contributed by atoms with Crippen LogP contribution in [-0.2, 0) is 14.8 Å². The maximum Gasteiger partial charge on any atom is 0.349 e. The Kier molecular flexibility index (Phi) is 3.38. The molecule has 0 aliphatic heterocycles. The van der Waals surface area contributed by atoms with E-state index in [0.717, 1.165) is 16.0 Å². The topological polar surface area (TPSA) is 72.5 Å². The van der Waals surface area contributed by atoms with E-state index in [2.05, 4.69) is 9.46 Å². The summed E-state index contributed by atoms with van der Waals surface area (Å²) < 4.78 is 31.6. The number of rotatable bonds is 3. The van der Waals surface area contributed by atoms with Crippen molar-refractivity contribution in [2.24, 2.45) is 0 Å². The zero-order valence-electron chi connectivity index (χ0n) is 9.76. The van der Waals surface area contributed by atoms with Crippen molar-refractivity contribution < 1.29 is 17.9 Å². The first-order valence-corrected chi connectivity index (χ1v) is 7.34. The maximum atomic E-state index is 12.0. The first-order valence-electron chi connectivity index (χ1n) is 5.04. The van der Waals surface area contributed by atoms with E-state index in [9.17, 15) is 13.2 Å². The van der Waals surface area contributed by atoms with Gasteiger partial charge in [-0.1, -0.05) is 18.2 Å². The predicted octanol–water partition coefficient (Wildman–Crippen LogP) is 1.60. The molecule has 2 rings (SSSR count). The third-order valence-electron chi connectivity index (χ3n) is 2.46. The van der Waals surface area contributed by atoms with Crippen molar-refractivity contribution in [1.82, 2.24) is 4.72 Å². The van der Waals surface area contributed by atoms with Gasteiger partial charge < -0.3 is 4.74 Å². The second-order valence-electron chi connectivity index (χ2n) is 3.46. The van der Waals surface area contributed by atoms with Crippen LogP contribution in [0.1, 0.15) is 9.67 Å². The smallest absolute Gasteiger partial charge is 0.349 e. The number of sulfonamides is 1. The molecule has 0 unspecified atom stereocenters. The number of carbonyl (C=O) groups excluding carboxylic acids is 1. The van der Waals surface area contributed by atoms with Gasteiger partial charge in [-0.15, -0.1) is 11.3 Å². The zero-order chi connectivity index (χ0) is 13.3. The molecule has 1 aromatic carbocycles. The molecule has 0 aliphatic carbocycles. The van der Waals surface area contributed by atoms with E-state index < -0.39 is 16.0 Å².